The molecule has 186 valence electrons. The molecular formula is C23H20ClF3N2O5S. The fraction of sp³-hybridized carbons (Fsp3) is 0.174. The maximum Gasteiger partial charge on any atom is 0.416 e. The lowest BCUT2D eigenvalue weighted by Gasteiger charge is -2.26. The van der Waals surface area contributed by atoms with Crippen LogP contribution in [0.1, 0.15) is 5.56 Å². The van der Waals surface area contributed by atoms with E-state index in [1.165, 1.54) is 50.6 Å². The lowest BCUT2D eigenvalue weighted by atomic mass is 10.2. The van der Waals surface area contributed by atoms with Gasteiger partial charge in [0.15, 0.2) is 0 Å². The van der Waals surface area contributed by atoms with E-state index < -0.39 is 39.9 Å². The van der Waals surface area contributed by atoms with Crippen LogP contribution in [0, 0.1) is 0 Å². The Bertz CT molecular complexity index is 1320. The molecule has 0 fully saturated rings. The lowest BCUT2D eigenvalue weighted by Crippen LogP contribution is -2.38. The summed E-state index contributed by atoms with van der Waals surface area (Å²) in [5, 5.41) is 2.23. The summed E-state index contributed by atoms with van der Waals surface area (Å²) in [6.07, 6.45) is -4.76. The zero-order valence-electron chi connectivity index (χ0n) is 18.5. The van der Waals surface area contributed by atoms with Gasteiger partial charge in [0.1, 0.15) is 18.0 Å². The molecule has 7 nitrogen and oxygen atoms in total. The summed E-state index contributed by atoms with van der Waals surface area (Å²) in [5.41, 5.74) is -1.42. The van der Waals surface area contributed by atoms with Crippen LogP contribution < -0.4 is 19.1 Å². The van der Waals surface area contributed by atoms with Gasteiger partial charge in [-0.3, -0.25) is 9.10 Å². The summed E-state index contributed by atoms with van der Waals surface area (Å²) in [5.74, 6) is -0.169. The molecular weight excluding hydrogens is 509 g/mol. The molecule has 0 saturated heterocycles. The number of benzene rings is 3. The highest BCUT2D eigenvalue weighted by molar-refractivity contribution is 7.92. The predicted octanol–water partition coefficient (Wildman–Crippen LogP) is 5.21. The van der Waals surface area contributed by atoms with E-state index in [1.54, 1.807) is 12.1 Å². The minimum atomic E-state index is -4.76. The Morgan fingerprint density at radius 3 is 2.29 bits per heavy atom. The standard InChI is InChI=1S/C23H20ClF3N2O5S/c1-33-16-9-11-19(21(13-16)34-2)28-22(30)14-29(35(31,32)17-6-4-3-5-7-17)20-12-15(23(25,26)27)8-10-18(20)24/h3-13H,14H2,1-2H3,(H,28,30). The second-order valence-corrected chi connectivity index (χ2v) is 9.37. The fourth-order valence-electron chi connectivity index (χ4n) is 3.12. The summed E-state index contributed by atoms with van der Waals surface area (Å²) in [6.45, 7) is -0.868. The maximum atomic E-state index is 13.4. The van der Waals surface area contributed by atoms with Crippen LogP contribution in [0.2, 0.25) is 5.02 Å². The van der Waals surface area contributed by atoms with Crippen molar-refractivity contribution in [1.82, 2.24) is 0 Å². The third kappa shape index (κ3) is 5.98. The van der Waals surface area contributed by atoms with Gasteiger partial charge in [-0.25, -0.2) is 8.42 Å². The van der Waals surface area contributed by atoms with Gasteiger partial charge < -0.3 is 14.8 Å². The number of hydrogen-bond acceptors (Lipinski definition) is 5. The molecule has 3 rings (SSSR count). The van der Waals surface area contributed by atoms with Gasteiger partial charge in [-0.05, 0) is 42.5 Å². The summed E-state index contributed by atoms with van der Waals surface area (Å²) < 4.78 is 77.7. The molecule has 35 heavy (non-hydrogen) atoms. The monoisotopic (exact) mass is 528 g/mol. The van der Waals surface area contributed by atoms with Crippen LogP contribution in [0.15, 0.2) is 71.6 Å². The second-order valence-electron chi connectivity index (χ2n) is 7.10. The number of carbonyl (C=O) groups is 1. The molecule has 0 atom stereocenters. The molecule has 0 unspecified atom stereocenters. The van der Waals surface area contributed by atoms with Crippen LogP contribution >= 0.6 is 11.6 Å². The number of carbonyl (C=O) groups excluding carboxylic acids is 1. The first-order valence-electron chi connectivity index (χ1n) is 9.93. The molecule has 0 saturated carbocycles. The summed E-state index contributed by atoms with van der Waals surface area (Å²) >= 11 is 6.12. The number of sulfonamides is 1. The highest BCUT2D eigenvalue weighted by Gasteiger charge is 2.34. The largest absolute Gasteiger partial charge is 0.497 e. The van der Waals surface area contributed by atoms with Crippen LogP contribution in [0.5, 0.6) is 11.5 Å². The molecule has 0 aromatic heterocycles. The van der Waals surface area contributed by atoms with Crippen molar-refractivity contribution < 1.29 is 35.9 Å². The number of ether oxygens (including phenoxy) is 2. The van der Waals surface area contributed by atoms with Crippen molar-refractivity contribution in [2.45, 2.75) is 11.1 Å². The van der Waals surface area contributed by atoms with Crippen LogP contribution in [-0.2, 0) is 21.0 Å². The predicted molar refractivity (Wildman–Crippen MR) is 126 cm³/mol. The van der Waals surface area contributed by atoms with E-state index in [2.05, 4.69) is 5.32 Å². The van der Waals surface area contributed by atoms with E-state index in [9.17, 15) is 26.4 Å². The number of alkyl halides is 3. The first-order valence-corrected chi connectivity index (χ1v) is 11.8. The fourth-order valence-corrected chi connectivity index (χ4v) is 4.84. The van der Waals surface area contributed by atoms with Crippen molar-refractivity contribution in [1.29, 1.82) is 0 Å². The van der Waals surface area contributed by atoms with Crippen molar-refractivity contribution in [3.63, 3.8) is 0 Å². The van der Waals surface area contributed by atoms with E-state index in [4.69, 9.17) is 21.1 Å². The van der Waals surface area contributed by atoms with Gasteiger partial charge >= 0.3 is 6.18 Å². The average Bonchev–Trinajstić information content (AvgIpc) is 2.83. The number of hydrogen-bond donors (Lipinski definition) is 1. The summed E-state index contributed by atoms with van der Waals surface area (Å²) in [7, 11) is -1.68. The van der Waals surface area contributed by atoms with Gasteiger partial charge in [0.25, 0.3) is 10.0 Å². The molecule has 0 heterocycles. The molecule has 1 N–H and O–H groups in total. The van der Waals surface area contributed by atoms with Gasteiger partial charge in [0, 0.05) is 6.07 Å². The number of anilines is 2. The van der Waals surface area contributed by atoms with Crippen molar-refractivity contribution in [2.75, 3.05) is 30.4 Å². The molecule has 0 radical (unpaired) electrons. The summed E-state index contributed by atoms with van der Waals surface area (Å²) in [4.78, 5) is 12.7. The van der Waals surface area contributed by atoms with E-state index >= 15 is 0 Å². The zero-order chi connectivity index (χ0) is 25.8. The normalized spacial score (nSPS) is 11.6. The zero-order valence-corrected chi connectivity index (χ0v) is 20.0. The molecule has 1 amide bonds. The first-order chi connectivity index (χ1) is 16.5. The van der Waals surface area contributed by atoms with Gasteiger partial charge in [-0.15, -0.1) is 0 Å². The Morgan fingerprint density at radius 2 is 1.69 bits per heavy atom. The minimum absolute atomic E-state index is 0.200. The molecule has 0 bridgehead atoms. The summed E-state index contributed by atoms with van der Waals surface area (Å²) in [6, 6.07) is 13.7. The van der Waals surface area contributed by atoms with Crippen molar-refractivity contribution in [3.8, 4) is 11.5 Å². The van der Waals surface area contributed by atoms with Gasteiger partial charge in [-0.2, -0.15) is 13.2 Å². The average molecular weight is 529 g/mol. The van der Waals surface area contributed by atoms with Crippen molar-refractivity contribution in [2.24, 2.45) is 0 Å². The Hall–Kier alpha value is -3.44. The SMILES string of the molecule is COc1ccc(NC(=O)CN(c2cc(C(F)(F)F)ccc2Cl)S(=O)(=O)c2ccccc2)c(OC)c1. The molecule has 3 aromatic carbocycles. The van der Waals surface area contributed by atoms with Crippen LogP contribution in [-0.4, -0.2) is 35.1 Å². The molecule has 12 heteroatoms. The number of rotatable bonds is 8. The molecule has 0 aliphatic heterocycles. The van der Waals surface area contributed by atoms with Crippen LogP contribution in [0.25, 0.3) is 0 Å². The topological polar surface area (TPSA) is 84.9 Å². The minimum Gasteiger partial charge on any atom is -0.497 e. The van der Waals surface area contributed by atoms with E-state index in [-0.39, 0.29) is 21.4 Å². The number of methoxy groups -OCH3 is 2. The van der Waals surface area contributed by atoms with Crippen LogP contribution in [0.3, 0.4) is 0 Å². The molecule has 0 aliphatic carbocycles. The number of amides is 1. The quantitative estimate of drug-likeness (QED) is 0.434. The van der Waals surface area contributed by atoms with Crippen LogP contribution in [0.4, 0.5) is 24.5 Å². The highest BCUT2D eigenvalue weighted by Crippen LogP contribution is 2.37. The van der Waals surface area contributed by atoms with E-state index in [0.717, 1.165) is 12.1 Å². The third-order valence-corrected chi connectivity index (χ3v) is 6.94. The highest BCUT2D eigenvalue weighted by atomic mass is 35.5. The Kier molecular flexibility index (Phi) is 7.81. The Balaban J connectivity index is 2.05. The third-order valence-electron chi connectivity index (χ3n) is 4.84. The smallest absolute Gasteiger partial charge is 0.416 e. The number of nitrogens with zero attached hydrogens (tertiary/aromatic N) is 1. The number of nitrogens with one attached hydrogen (secondary N) is 1. The molecule has 3 aromatic rings. The Morgan fingerprint density at radius 1 is 1.00 bits per heavy atom. The second kappa shape index (κ2) is 10.4. The lowest BCUT2D eigenvalue weighted by molar-refractivity contribution is -0.137. The molecule has 0 aliphatic rings. The van der Waals surface area contributed by atoms with E-state index in [0.29, 0.717) is 16.1 Å². The first kappa shape index (κ1) is 26.2. The van der Waals surface area contributed by atoms with Crippen molar-refractivity contribution >= 4 is 38.9 Å². The maximum absolute atomic E-state index is 13.4. The molecule has 0 spiro atoms. The van der Waals surface area contributed by atoms with Gasteiger partial charge in [-0.1, -0.05) is 29.8 Å². The van der Waals surface area contributed by atoms with E-state index in [1.807, 2.05) is 0 Å². The number of halogens is 4. The van der Waals surface area contributed by atoms with Gasteiger partial charge in [0.2, 0.25) is 5.91 Å². The Labute approximate surface area is 205 Å². The van der Waals surface area contributed by atoms with Crippen molar-refractivity contribution in [3.05, 3.63) is 77.3 Å². The van der Waals surface area contributed by atoms with Gasteiger partial charge in [0.05, 0.1) is 41.1 Å².